The average molecular weight is 431 g/mol. The topological polar surface area (TPSA) is 107 Å². The number of aromatic nitrogens is 2. The molecule has 1 fully saturated rings. The maximum absolute atomic E-state index is 12.7. The number of hydrogen-bond acceptors (Lipinski definition) is 5. The van der Waals surface area contributed by atoms with Gasteiger partial charge in [0, 0.05) is 43.1 Å². The van der Waals surface area contributed by atoms with Gasteiger partial charge in [0.15, 0.2) is 0 Å². The van der Waals surface area contributed by atoms with Crippen LogP contribution in [0.4, 0.5) is 11.4 Å². The molecule has 2 aromatic heterocycles. The molecule has 8 heteroatoms. The second-order valence-corrected chi connectivity index (χ2v) is 7.67. The minimum Gasteiger partial charge on any atom is -0.372 e. The highest BCUT2D eigenvalue weighted by Crippen LogP contribution is 2.21. The minimum absolute atomic E-state index is 0.111. The first-order valence-corrected chi connectivity index (χ1v) is 10.6. The molecule has 4 rings (SSSR count). The number of pyridine rings is 2. The molecule has 164 valence electrons. The molecule has 3 N–H and O–H groups in total. The highest BCUT2D eigenvalue weighted by molar-refractivity contribution is 6.04. The second kappa shape index (κ2) is 9.47. The van der Waals surface area contributed by atoms with Gasteiger partial charge in [-0.2, -0.15) is 0 Å². The molecule has 2 amide bonds. The summed E-state index contributed by atoms with van der Waals surface area (Å²) >= 11 is 0. The van der Waals surface area contributed by atoms with Gasteiger partial charge in [-0.25, -0.2) is 4.98 Å². The monoisotopic (exact) mass is 431 g/mol. The number of H-pyrrole nitrogens is 1. The molecular weight excluding hydrogens is 406 g/mol. The van der Waals surface area contributed by atoms with Gasteiger partial charge < -0.3 is 20.5 Å². The van der Waals surface area contributed by atoms with Crippen molar-refractivity contribution in [3.05, 3.63) is 76.3 Å². The van der Waals surface area contributed by atoms with Crippen LogP contribution in [-0.2, 0) is 0 Å². The lowest BCUT2D eigenvalue weighted by Gasteiger charge is -2.28. The Labute approximate surface area is 185 Å². The zero-order chi connectivity index (χ0) is 22.5. The molecule has 32 heavy (non-hydrogen) atoms. The van der Waals surface area contributed by atoms with Gasteiger partial charge in [0.1, 0.15) is 11.4 Å². The van der Waals surface area contributed by atoms with Gasteiger partial charge in [-0.3, -0.25) is 14.4 Å². The van der Waals surface area contributed by atoms with Crippen molar-refractivity contribution in [1.29, 1.82) is 0 Å². The largest absolute Gasteiger partial charge is 0.372 e. The van der Waals surface area contributed by atoms with Crippen LogP contribution in [0.3, 0.4) is 0 Å². The fraction of sp³-hybridized carbons (Fsp3) is 0.250. The highest BCUT2D eigenvalue weighted by Gasteiger charge is 2.14. The van der Waals surface area contributed by atoms with E-state index in [0.717, 1.165) is 18.8 Å². The van der Waals surface area contributed by atoms with Crippen LogP contribution in [0.5, 0.6) is 0 Å². The van der Waals surface area contributed by atoms with Crippen LogP contribution >= 0.6 is 0 Å². The Morgan fingerprint density at radius 3 is 2.47 bits per heavy atom. The first-order chi connectivity index (χ1) is 15.5. The van der Waals surface area contributed by atoms with Crippen molar-refractivity contribution in [2.24, 2.45) is 0 Å². The quantitative estimate of drug-likeness (QED) is 0.576. The molecule has 0 unspecified atom stereocenters. The summed E-state index contributed by atoms with van der Waals surface area (Å²) in [7, 11) is 1.53. The van der Waals surface area contributed by atoms with Crippen molar-refractivity contribution in [3.8, 4) is 11.3 Å². The fourth-order valence-corrected chi connectivity index (χ4v) is 3.74. The van der Waals surface area contributed by atoms with E-state index in [4.69, 9.17) is 0 Å². The number of amides is 2. The number of nitrogens with one attached hydrogen (secondary N) is 3. The zero-order valence-electron chi connectivity index (χ0n) is 17.9. The van der Waals surface area contributed by atoms with Crippen molar-refractivity contribution < 1.29 is 9.59 Å². The van der Waals surface area contributed by atoms with Crippen molar-refractivity contribution in [2.45, 2.75) is 19.3 Å². The summed E-state index contributed by atoms with van der Waals surface area (Å²) in [6.07, 6.45) is 5.13. The molecule has 0 radical (unpaired) electrons. The molecule has 1 aliphatic heterocycles. The van der Waals surface area contributed by atoms with Crippen molar-refractivity contribution in [1.82, 2.24) is 15.3 Å². The van der Waals surface area contributed by atoms with Crippen LogP contribution in [-0.4, -0.2) is 41.9 Å². The molecule has 3 aromatic rings. The molecule has 1 aliphatic rings. The third kappa shape index (κ3) is 4.69. The summed E-state index contributed by atoms with van der Waals surface area (Å²) in [5, 5.41) is 5.21. The summed E-state index contributed by atoms with van der Waals surface area (Å²) in [6.45, 7) is 2.06. The molecule has 0 spiro atoms. The van der Waals surface area contributed by atoms with Crippen LogP contribution < -0.4 is 21.1 Å². The molecule has 0 atom stereocenters. The van der Waals surface area contributed by atoms with Gasteiger partial charge in [-0.15, -0.1) is 0 Å². The van der Waals surface area contributed by atoms with Crippen LogP contribution in [0.1, 0.15) is 40.1 Å². The Morgan fingerprint density at radius 2 is 1.75 bits per heavy atom. The molecule has 3 heterocycles. The number of carbonyl (C=O) groups is 2. The van der Waals surface area contributed by atoms with E-state index in [9.17, 15) is 14.4 Å². The van der Waals surface area contributed by atoms with Crippen LogP contribution in [0.15, 0.2) is 59.5 Å². The third-order valence-electron chi connectivity index (χ3n) is 5.51. The lowest BCUT2D eigenvalue weighted by atomic mass is 10.1. The number of nitrogens with zero attached hydrogens (tertiary/aromatic N) is 2. The molecule has 8 nitrogen and oxygen atoms in total. The lowest BCUT2D eigenvalue weighted by molar-refractivity contribution is 0.0957. The van der Waals surface area contributed by atoms with Gasteiger partial charge in [0.2, 0.25) is 0 Å². The minimum atomic E-state index is -0.422. The number of aromatic amines is 1. The Morgan fingerprint density at radius 1 is 1.00 bits per heavy atom. The van der Waals surface area contributed by atoms with E-state index in [1.54, 1.807) is 36.4 Å². The van der Waals surface area contributed by atoms with E-state index in [-0.39, 0.29) is 23.2 Å². The molecular formula is C24H25N5O3. The van der Waals surface area contributed by atoms with Crippen LogP contribution in [0.2, 0.25) is 0 Å². The van der Waals surface area contributed by atoms with E-state index in [0.29, 0.717) is 16.8 Å². The van der Waals surface area contributed by atoms with Crippen molar-refractivity contribution in [2.75, 3.05) is 30.4 Å². The lowest BCUT2D eigenvalue weighted by Crippen LogP contribution is -2.29. The predicted octanol–water partition coefficient (Wildman–Crippen LogP) is 3.04. The van der Waals surface area contributed by atoms with Crippen LogP contribution in [0, 0.1) is 0 Å². The summed E-state index contributed by atoms with van der Waals surface area (Å²) < 4.78 is 0. The second-order valence-electron chi connectivity index (χ2n) is 7.67. The average Bonchev–Trinajstić information content (AvgIpc) is 2.85. The predicted molar refractivity (Wildman–Crippen MR) is 124 cm³/mol. The fourth-order valence-electron chi connectivity index (χ4n) is 3.74. The van der Waals surface area contributed by atoms with Gasteiger partial charge in [0.05, 0.1) is 5.69 Å². The summed E-state index contributed by atoms with van der Waals surface area (Å²) in [4.78, 5) is 46.1. The zero-order valence-corrected chi connectivity index (χ0v) is 17.9. The maximum Gasteiger partial charge on any atom is 0.271 e. The highest BCUT2D eigenvalue weighted by atomic mass is 16.2. The molecule has 0 aliphatic carbocycles. The number of carbonyl (C=O) groups excluding carboxylic acids is 2. The van der Waals surface area contributed by atoms with E-state index >= 15 is 0 Å². The number of hydrogen-bond donors (Lipinski definition) is 3. The van der Waals surface area contributed by atoms with E-state index in [2.05, 4.69) is 25.5 Å². The molecule has 1 saturated heterocycles. The molecule has 1 aromatic carbocycles. The molecule has 0 bridgehead atoms. The Bertz CT molecular complexity index is 1180. The van der Waals surface area contributed by atoms with Gasteiger partial charge in [-0.05, 0) is 61.7 Å². The standard InChI is InChI=1S/C24H25N5O3/c1-25-23(31)20-7-5-6-19(27-20)17-14-21(24(32)26-15-17)28-22(30)16-8-10-18(11-9-16)29-12-3-2-4-13-29/h5-11,14-15H,2-4,12-13H2,1H3,(H,25,31)(H,26,32)(H,28,30). The summed E-state index contributed by atoms with van der Waals surface area (Å²) in [5.74, 6) is -0.678. The number of benzene rings is 1. The van der Waals surface area contributed by atoms with E-state index in [1.165, 1.54) is 32.5 Å². The van der Waals surface area contributed by atoms with E-state index in [1.807, 2.05) is 12.1 Å². The maximum atomic E-state index is 12.7. The third-order valence-corrected chi connectivity index (χ3v) is 5.51. The van der Waals surface area contributed by atoms with Gasteiger partial charge >= 0.3 is 0 Å². The first kappa shape index (κ1) is 21.3. The smallest absolute Gasteiger partial charge is 0.271 e. The Balaban J connectivity index is 1.52. The number of piperidine rings is 1. The normalized spacial score (nSPS) is 13.5. The first-order valence-electron chi connectivity index (χ1n) is 10.6. The summed E-state index contributed by atoms with van der Waals surface area (Å²) in [5.41, 5.74) is 2.60. The Hall–Kier alpha value is -3.94. The summed E-state index contributed by atoms with van der Waals surface area (Å²) in [6, 6.07) is 14.0. The SMILES string of the molecule is CNC(=O)c1cccc(-c2c[nH]c(=O)c(NC(=O)c3ccc(N4CCCCC4)cc3)c2)n1. The van der Waals surface area contributed by atoms with Gasteiger partial charge in [-0.1, -0.05) is 6.07 Å². The number of rotatable bonds is 5. The van der Waals surface area contributed by atoms with Gasteiger partial charge in [0.25, 0.3) is 17.4 Å². The number of anilines is 2. The van der Waals surface area contributed by atoms with Crippen molar-refractivity contribution >= 4 is 23.2 Å². The Kier molecular flexibility index (Phi) is 6.30. The van der Waals surface area contributed by atoms with Crippen molar-refractivity contribution in [3.63, 3.8) is 0 Å². The van der Waals surface area contributed by atoms with Crippen LogP contribution in [0.25, 0.3) is 11.3 Å². The van der Waals surface area contributed by atoms with E-state index < -0.39 is 5.56 Å². The molecule has 0 saturated carbocycles.